The molecular weight excluding hydrogens is 228 g/mol. The van der Waals surface area contributed by atoms with Crippen LogP contribution in [0, 0.1) is 0 Å². The quantitative estimate of drug-likeness (QED) is 0.378. The molecule has 2 unspecified atom stereocenters. The van der Waals surface area contributed by atoms with Crippen molar-refractivity contribution < 1.29 is 10.2 Å². The molecule has 0 saturated carbocycles. The van der Waals surface area contributed by atoms with Gasteiger partial charge in [-0.2, -0.15) is 0 Å². The van der Waals surface area contributed by atoms with Gasteiger partial charge in [-0.25, -0.2) is 0 Å². The summed E-state index contributed by atoms with van der Waals surface area (Å²) in [5.74, 6) is 0. The Morgan fingerprint density at radius 2 is 0.889 bits per heavy atom. The molecule has 0 aromatic heterocycles. The summed E-state index contributed by atoms with van der Waals surface area (Å²) in [6.45, 7) is 1.33. The molecule has 4 nitrogen and oxygen atoms in total. The van der Waals surface area contributed by atoms with Gasteiger partial charge < -0.3 is 21.7 Å². The smallest absolute Gasteiger partial charge is 0.0540 e. The van der Waals surface area contributed by atoms with Crippen LogP contribution in [0.2, 0.25) is 0 Å². The monoisotopic (exact) mass is 260 g/mol. The maximum Gasteiger partial charge on any atom is 0.0540 e. The van der Waals surface area contributed by atoms with Crippen LogP contribution in [0.3, 0.4) is 0 Å². The number of unbranched alkanes of at least 4 members (excludes halogenated alkanes) is 3. The van der Waals surface area contributed by atoms with Crippen molar-refractivity contribution in [3.63, 3.8) is 0 Å². The molecule has 0 radical (unpaired) electrons. The van der Waals surface area contributed by atoms with Gasteiger partial charge in [0.2, 0.25) is 0 Å². The van der Waals surface area contributed by atoms with Gasteiger partial charge in [0.1, 0.15) is 0 Å². The van der Waals surface area contributed by atoms with Crippen LogP contribution in [0.5, 0.6) is 0 Å². The Kier molecular flexibility index (Phi) is 13.2. The lowest BCUT2D eigenvalue weighted by Crippen LogP contribution is -2.10. The summed E-state index contributed by atoms with van der Waals surface area (Å²) in [4.78, 5) is 0. The van der Waals surface area contributed by atoms with E-state index in [9.17, 15) is 10.2 Å². The van der Waals surface area contributed by atoms with Crippen molar-refractivity contribution >= 4 is 0 Å². The molecule has 0 saturated heterocycles. The summed E-state index contributed by atoms with van der Waals surface area (Å²) >= 11 is 0. The van der Waals surface area contributed by atoms with Gasteiger partial charge in [-0.1, -0.05) is 25.7 Å². The Balaban J connectivity index is 3.19. The van der Waals surface area contributed by atoms with Crippen LogP contribution in [0.4, 0.5) is 0 Å². The molecule has 0 aliphatic heterocycles. The topological polar surface area (TPSA) is 92.5 Å². The maximum atomic E-state index is 9.61. The number of hydrogen-bond acceptors (Lipinski definition) is 4. The Labute approximate surface area is 112 Å². The third kappa shape index (κ3) is 12.3. The normalized spacial score (nSPS) is 14.7. The third-order valence-corrected chi connectivity index (χ3v) is 3.31. The van der Waals surface area contributed by atoms with Crippen LogP contribution in [0.1, 0.15) is 64.2 Å². The van der Waals surface area contributed by atoms with E-state index in [2.05, 4.69) is 0 Å². The summed E-state index contributed by atoms with van der Waals surface area (Å²) in [5, 5.41) is 19.2. The van der Waals surface area contributed by atoms with Crippen LogP contribution in [-0.4, -0.2) is 35.5 Å². The molecular formula is C14H32N2O2. The molecule has 110 valence electrons. The van der Waals surface area contributed by atoms with E-state index in [1.807, 2.05) is 0 Å². The second-order valence-corrected chi connectivity index (χ2v) is 5.16. The van der Waals surface area contributed by atoms with Gasteiger partial charge in [0.05, 0.1) is 12.2 Å². The number of nitrogens with two attached hydrogens (primary N) is 2. The van der Waals surface area contributed by atoms with Crippen LogP contribution in [0.25, 0.3) is 0 Å². The van der Waals surface area contributed by atoms with Gasteiger partial charge >= 0.3 is 0 Å². The molecule has 0 aliphatic rings. The Bertz CT molecular complexity index is 150. The number of rotatable bonds is 13. The van der Waals surface area contributed by atoms with Crippen molar-refractivity contribution in [2.24, 2.45) is 11.5 Å². The summed E-state index contributed by atoms with van der Waals surface area (Å²) in [6.07, 6.45) is 9.33. The van der Waals surface area contributed by atoms with Crippen molar-refractivity contribution in [1.82, 2.24) is 0 Å². The van der Waals surface area contributed by atoms with Crippen molar-refractivity contribution in [2.45, 2.75) is 76.4 Å². The van der Waals surface area contributed by atoms with E-state index in [1.165, 1.54) is 0 Å². The SMILES string of the molecule is NCCCC(O)CCCCCCC(O)CCCN. The standard InChI is InChI=1S/C14H32N2O2/c15-11-5-9-13(17)7-3-1-2-4-8-14(18)10-6-12-16/h13-14,17-18H,1-12,15-16H2. The van der Waals surface area contributed by atoms with E-state index in [4.69, 9.17) is 11.5 Å². The van der Waals surface area contributed by atoms with E-state index >= 15 is 0 Å². The zero-order chi connectivity index (χ0) is 13.6. The maximum absolute atomic E-state index is 9.61. The second-order valence-electron chi connectivity index (χ2n) is 5.16. The number of aliphatic hydroxyl groups excluding tert-OH is 2. The van der Waals surface area contributed by atoms with Crippen LogP contribution in [-0.2, 0) is 0 Å². The van der Waals surface area contributed by atoms with Crippen LogP contribution >= 0.6 is 0 Å². The lowest BCUT2D eigenvalue weighted by Gasteiger charge is -2.11. The second kappa shape index (κ2) is 13.3. The molecule has 0 amide bonds. The van der Waals surface area contributed by atoms with Crippen molar-refractivity contribution in [3.05, 3.63) is 0 Å². The Hall–Kier alpha value is -0.160. The van der Waals surface area contributed by atoms with E-state index in [0.29, 0.717) is 13.1 Å². The van der Waals surface area contributed by atoms with Gasteiger partial charge in [-0.05, 0) is 51.6 Å². The molecule has 0 heterocycles. The first kappa shape index (κ1) is 17.8. The highest BCUT2D eigenvalue weighted by Crippen LogP contribution is 2.12. The summed E-state index contributed by atoms with van der Waals surface area (Å²) in [6, 6.07) is 0. The fourth-order valence-electron chi connectivity index (χ4n) is 2.11. The van der Waals surface area contributed by atoms with Gasteiger partial charge in [0, 0.05) is 0 Å². The highest BCUT2D eigenvalue weighted by atomic mass is 16.3. The van der Waals surface area contributed by atoms with Crippen molar-refractivity contribution in [2.75, 3.05) is 13.1 Å². The van der Waals surface area contributed by atoms with E-state index < -0.39 is 0 Å². The molecule has 4 heteroatoms. The molecule has 0 rings (SSSR count). The third-order valence-electron chi connectivity index (χ3n) is 3.31. The first-order valence-corrected chi connectivity index (χ1v) is 7.47. The van der Waals surface area contributed by atoms with E-state index in [0.717, 1.165) is 64.2 Å². The molecule has 6 N–H and O–H groups in total. The summed E-state index contributed by atoms with van der Waals surface area (Å²) in [7, 11) is 0. The largest absolute Gasteiger partial charge is 0.393 e. The Morgan fingerprint density at radius 1 is 0.556 bits per heavy atom. The fraction of sp³-hybridized carbons (Fsp3) is 1.00. The highest BCUT2D eigenvalue weighted by molar-refractivity contribution is 4.59. The lowest BCUT2D eigenvalue weighted by atomic mass is 10.0. The van der Waals surface area contributed by atoms with Gasteiger partial charge in [-0.3, -0.25) is 0 Å². The number of aliphatic hydroxyl groups is 2. The van der Waals surface area contributed by atoms with Crippen molar-refractivity contribution in [3.8, 4) is 0 Å². The Morgan fingerprint density at radius 3 is 1.22 bits per heavy atom. The average molecular weight is 260 g/mol. The summed E-state index contributed by atoms with van der Waals surface area (Å²) < 4.78 is 0. The first-order valence-electron chi connectivity index (χ1n) is 7.47. The summed E-state index contributed by atoms with van der Waals surface area (Å²) in [5.41, 5.74) is 10.8. The molecule has 0 fully saturated rings. The van der Waals surface area contributed by atoms with Gasteiger partial charge in [-0.15, -0.1) is 0 Å². The van der Waals surface area contributed by atoms with E-state index in [1.54, 1.807) is 0 Å². The molecule has 0 bridgehead atoms. The van der Waals surface area contributed by atoms with Crippen LogP contribution < -0.4 is 11.5 Å². The molecule has 0 aliphatic carbocycles. The zero-order valence-corrected chi connectivity index (χ0v) is 11.7. The highest BCUT2D eigenvalue weighted by Gasteiger charge is 2.04. The lowest BCUT2D eigenvalue weighted by molar-refractivity contribution is 0.144. The first-order chi connectivity index (χ1) is 8.70. The predicted molar refractivity (Wildman–Crippen MR) is 76.3 cm³/mol. The van der Waals surface area contributed by atoms with E-state index in [-0.39, 0.29) is 12.2 Å². The average Bonchev–Trinajstić information content (AvgIpc) is 2.37. The zero-order valence-electron chi connectivity index (χ0n) is 11.7. The number of hydrogen-bond donors (Lipinski definition) is 4. The minimum atomic E-state index is -0.177. The fourth-order valence-corrected chi connectivity index (χ4v) is 2.11. The van der Waals surface area contributed by atoms with Crippen LogP contribution in [0.15, 0.2) is 0 Å². The minimum Gasteiger partial charge on any atom is -0.393 e. The predicted octanol–water partition coefficient (Wildman–Crippen LogP) is 1.53. The molecule has 0 spiro atoms. The van der Waals surface area contributed by atoms with Gasteiger partial charge in [0.25, 0.3) is 0 Å². The minimum absolute atomic E-state index is 0.177. The van der Waals surface area contributed by atoms with Crippen molar-refractivity contribution in [1.29, 1.82) is 0 Å². The molecule has 2 atom stereocenters. The van der Waals surface area contributed by atoms with Gasteiger partial charge in [0.15, 0.2) is 0 Å². The molecule has 0 aromatic carbocycles. The molecule has 0 aromatic rings. The molecule has 18 heavy (non-hydrogen) atoms.